The highest BCUT2D eigenvalue weighted by molar-refractivity contribution is 7.10. The van der Waals surface area contributed by atoms with Crippen molar-refractivity contribution in [1.29, 1.82) is 0 Å². The Morgan fingerprint density at radius 2 is 1.91 bits per heavy atom. The molecule has 1 aliphatic carbocycles. The molecule has 5 nitrogen and oxygen atoms in total. The number of anilines is 1. The Kier molecular flexibility index (Phi) is 5.54. The van der Waals surface area contributed by atoms with Crippen LogP contribution < -0.4 is 5.32 Å². The molecule has 1 N–H and O–H groups in total. The highest BCUT2D eigenvalue weighted by Crippen LogP contribution is 2.27. The summed E-state index contributed by atoms with van der Waals surface area (Å²) in [6.07, 6.45) is 7.01. The van der Waals surface area contributed by atoms with Crippen LogP contribution in [0, 0.1) is 12.8 Å². The van der Waals surface area contributed by atoms with Gasteiger partial charge in [-0.05, 0) is 37.2 Å². The predicted molar refractivity (Wildman–Crippen MR) is 95.3 cm³/mol. The first-order valence-corrected chi connectivity index (χ1v) is 9.62. The van der Waals surface area contributed by atoms with E-state index >= 15 is 0 Å². The van der Waals surface area contributed by atoms with Gasteiger partial charge in [0.25, 0.3) is 5.91 Å². The van der Waals surface area contributed by atoms with E-state index in [0.29, 0.717) is 0 Å². The molecule has 2 heterocycles. The molecule has 3 rings (SSSR count). The zero-order valence-electron chi connectivity index (χ0n) is 14.3. The van der Waals surface area contributed by atoms with Gasteiger partial charge in [0, 0.05) is 39.8 Å². The van der Waals surface area contributed by atoms with E-state index < -0.39 is 0 Å². The van der Waals surface area contributed by atoms with E-state index in [1.807, 2.05) is 18.9 Å². The van der Waals surface area contributed by atoms with E-state index in [4.69, 9.17) is 0 Å². The first-order valence-electron chi connectivity index (χ1n) is 8.84. The lowest BCUT2D eigenvalue weighted by atomic mass is 9.89. The molecule has 1 aromatic heterocycles. The predicted octanol–water partition coefficient (Wildman–Crippen LogP) is 2.83. The number of nitrogens with zero attached hydrogens (tertiary/aromatic N) is 3. The van der Waals surface area contributed by atoms with Crippen LogP contribution in [0.25, 0.3) is 0 Å². The molecule has 2 fully saturated rings. The van der Waals surface area contributed by atoms with E-state index in [9.17, 15) is 4.79 Å². The van der Waals surface area contributed by atoms with Gasteiger partial charge in [0.05, 0.1) is 11.3 Å². The van der Waals surface area contributed by atoms with Crippen molar-refractivity contribution in [1.82, 2.24) is 14.2 Å². The van der Waals surface area contributed by atoms with Gasteiger partial charge < -0.3 is 10.2 Å². The van der Waals surface area contributed by atoms with E-state index in [-0.39, 0.29) is 5.91 Å². The normalized spacial score (nSPS) is 20.7. The highest BCUT2D eigenvalue weighted by atomic mass is 32.1. The molecule has 0 radical (unpaired) electrons. The SMILES string of the molecule is CNc1snc(C)c1C(=O)N1CCN(CC2CCCCC2)CC1. The Bertz CT molecular complexity index is 531. The summed E-state index contributed by atoms with van der Waals surface area (Å²) in [6.45, 7) is 6.84. The van der Waals surface area contributed by atoms with Gasteiger partial charge in [-0.25, -0.2) is 0 Å². The minimum absolute atomic E-state index is 0.137. The van der Waals surface area contributed by atoms with Gasteiger partial charge >= 0.3 is 0 Å². The molecule has 0 unspecified atom stereocenters. The largest absolute Gasteiger partial charge is 0.378 e. The third kappa shape index (κ3) is 3.86. The fraction of sp³-hybridized carbons (Fsp3) is 0.765. The lowest BCUT2D eigenvalue weighted by Gasteiger charge is -2.37. The highest BCUT2D eigenvalue weighted by Gasteiger charge is 2.27. The molecule has 1 saturated heterocycles. The Morgan fingerprint density at radius 3 is 2.57 bits per heavy atom. The molecule has 1 amide bonds. The first-order chi connectivity index (χ1) is 11.2. The van der Waals surface area contributed by atoms with Crippen molar-refractivity contribution in [3.8, 4) is 0 Å². The van der Waals surface area contributed by atoms with Crippen LogP contribution in [0.2, 0.25) is 0 Å². The maximum Gasteiger partial charge on any atom is 0.258 e. The molecule has 128 valence electrons. The zero-order valence-corrected chi connectivity index (χ0v) is 15.1. The van der Waals surface area contributed by atoms with Crippen LogP contribution in [0.1, 0.15) is 48.2 Å². The van der Waals surface area contributed by atoms with Gasteiger partial charge in [-0.15, -0.1) is 0 Å². The second kappa shape index (κ2) is 7.62. The smallest absolute Gasteiger partial charge is 0.258 e. The summed E-state index contributed by atoms with van der Waals surface area (Å²) in [5.74, 6) is 1.02. The second-order valence-electron chi connectivity index (χ2n) is 6.82. The topological polar surface area (TPSA) is 48.5 Å². The van der Waals surface area contributed by atoms with E-state index in [1.54, 1.807) is 0 Å². The van der Waals surface area contributed by atoms with Gasteiger partial charge in [-0.2, -0.15) is 4.37 Å². The summed E-state index contributed by atoms with van der Waals surface area (Å²) in [7, 11) is 1.85. The maximum absolute atomic E-state index is 12.8. The molecule has 0 atom stereocenters. The molecule has 6 heteroatoms. The molecule has 23 heavy (non-hydrogen) atoms. The molecule has 1 aliphatic heterocycles. The third-order valence-corrected chi connectivity index (χ3v) is 6.16. The fourth-order valence-corrected chi connectivity index (χ4v) is 4.56. The fourth-order valence-electron chi connectivity index (χ4n) is 3.82. The molecular formula is C17H28N4OS. The van der Waals surface area contributed by atoms with Crippen LogP contribution in [-0.4, -0.2) is 59.9 Å². The lowest BCUT2D eigenvalue weighted by Crippen LogP contribution is -2.50. The van der Waals surface area contributed by atoms with Gasteiger partial charge in [0.1, 0.15) is 5.00 Å². The number of hydrogen-bond donors (Lipinski definition) is 1. The molecule has 1 aromatic rings. The summed E-state index contributed by atoms with van der Waals surface area (Å²) in [4.78, 5) is 17.3. The third-order valence-electron chi connectivity index (χ3n) is 5.20. The van der Waals surface area contributed by atoms with Crippen LogP contribution in [0.15, 0.2) is 0 Å². The van der Waals surface area contributed by atoms with E-state index in [1.165, 1.54) is 50.2 Å². The summed E-state index contributed by atoms with van der Waals surface area (Å²) in [5, 5.41) is 3.98. The standard InChI is InChI=1S/C17H28N4OS/c1-13-15(16(18-2)23-19-13)17(22)21-10-8-20(9-11-21)12-14-6-4-3-5-7-14/h14,18H,3-12H2,1-2H3. The van der Waals surface area contributed by atoms with Gasteiger partial charge in [0.2, 0.25) is 0 Å². The van der Waals surface area contributed by atoms with E-state index in [2.05, 4.69) is 14.6 Å². The van der Waals surface area contributed by atoms with Crippen LogP contribution >= 0.6 is 11.5 Å². The van der Waals surface area contributed by atoms with Gasteiger partial charge in [-0.3, -0.25) is 9.69 Å². The van der Waals surface area contributed by atoms with Crippen LogP contribution in [0.5, 0.6) is 0 Å². The Balaban J connectivity index is 1.54. The number of aromatic nitrogens is 1. The van der Waals surface area contributed by atoms with Crippen molar-refractivity contribution in [2.45, 2.75) is 39.0 Å². The number of aryl methyl sites for hydroxylation is 1. The van der Waals surface area contributed by atoms with E-state index in [0.717, 1.165) is 48.4 Å². The molecule has 0 spiro atoms. The average molecular weight is 337 g/mol. The van der Waals surface area contributed by atoms with Gasteiger partial charge in [-0.1, -0.05) is 19.3 Å². The number of carbonyl (C=O) groups is 1. The average Bonchev–Trinajstić information content (AvgIpc) is 2.96. The van der Waals surface area contributed by atoms with Crippen LogP contribution in [0.3, 0.4) is 0 Å². The summed E-state index contributed by atoms with van der Waals surface area (Å²) in [6, 6.07) is 0. The molecule has 1 saturated carbocycles. The number of carbonyl (C=O) groups excluding carboxylic acids is 1. The Morgan fingerprint density at radius 1 is 1.22 bits per heavy atom. The molecule has 2 aliphatic rings. The maximum atomic E-state index is 12.8. The Labute approximate surface area is 143 Å². The summed E-state index contributed by atoms with van der Waals surface area (Å²) >= 11 is 1.37. The number of rotatable bonds is 4. The summed E-state index contributed by atoms with van der Waals surface area (Å²) < 4.78 is 4.32. The summed E-state index contributed by atoms with van der Waals surface area (Å²) in [5.41, 5.74) is 1.60. The minimum Gasteiger partial charge on any atom is -0.378 e. The van der Waals surface area contributed by atoms with Crippen molar-refractivity contribution >= 4 is 22.4 Å². The zero-order chi connectivity index (χ0) is 16.2. The van der Waals surface area contributed by atoms with Crippen molar-refractivity contribution in [2.75, 3.05) is 45.1 Å². The van der Waals surface area contributed by atoms with Crippen LogP contribution in [0.4, 0.5) is 5.00 Å². The van der Waals surface area contributed by atoms with Gasteiger partial charge in [0.15, 0.2) is 0 Å². The lowest BCUT2D eigenvalue weighted by molar-refractivity contribution is 0.0606. The number of amides is 1. The van der Waals surface area contributed by atoms with Crippen molar-refractivity contribution < 1.29 is 4.79 Å². The number of piperazine rings is 1. The molecule has 0 aromatic carbocycles. The molecular weight excluding hydrogens is 308 g/mol. The van der Waals surface area contributed by atoms with Crippen molar-refractivity contribution in [3.63, 3.8) is 0 Å². The van der Waals surface area contributed by atoms with Crippen molar-refractivity contribution in [2.24, 2.45) is 5.92 Å². The Hall–Kier alpha value is -1.14. The van der Waals surface area contributed by atoms with Crippen LogP contribution in [-0.2, 0) is 0 Å². The second-order valence-corrected chi connectivity index (χ2v) is 7.59. The van der Waals surface area contributed by atoms with Crippen molar-refractivity contribution in [3.05, 3.63) is 11.3 Å². The first kappa shape index (κ1) is 16.7. The molecule has 0 bridgehead atoms. The minimum atomic E-state index is 0.137. The monoisotopic (exact) mass is 336 g/mol. The quantitative estimate of drug-likeness (QED) is 0.918. The number of nitrogens with one attached hydrogen (secondary N) is 1. The number of hydrogen-bond acceptors (Lipinski definition) is 5.